The third kappa shape index (κ3) is 3.19. The van der Waals surface area contributed by atoms with Gasteiger partial charge in [-0.15, -0.1) is 0 Å². The lowest BCUT2D eigenvalue weighted by Gasteiger charge is -2.37. The zero-order chi connectivity index (χ0) is 16.6. The Morgan fingerprint density at radius 1 is 1.35 bits per heavy atom. The van der Waals surface area contributed by atoms with Crippen molar-refractivity contribution in [3.05, 3.63) is 40.7 Å². The van der Waals surface area contributed by atoms with Crippen molar-refractivity contribution in [3.8, 4) is 0 Å². The van der Waals surface area contributed by atoms with Crippen molar-refractivity contribution < 1.29 is 13.7 Å². The van der Waals surface area contributed by atoms with Gasteiger partial charge in [0, 0.05) is 12.1 Å². The van der Waals surface area contributed by atoms with Crippen molar-refractivity contribution in [1.82, 2.24) is 10.1 Å². The molecule has 0 N–H and O–H groups in total. The van der Waals surface area contributed by atoms with Gasteiger partial charge in [0.25, 0.3) is 0 Å². The Kier molecular flexibility index (Phi) is 4.28. The first kappa shape index (κ1) is 15.8. The molecule has 5 heteroatoms. The van der Waals surface area contributed by atoms with E-state index >= 15 is 0 Å². The molecule has 5 nitrogen and oxygen atoms in total. The van der Waals surface area contributed by atoms with Gasteiger partial charge in [-0.25, -0.2) is 0 Å². The summed E-state index contributed by atoms with van der Waals surface area (Å²) >= 11 is 0. The highest BCUT2D eigenvalue weighted by atomic mass is 16.5. The Balaban J connectivity index is 1.82. The number of furan rings is 1. The Labute approximate surface area is 136 Å². The van der Waals surface area contributed by atoms with E-state index in [0.29, 0.717) is 12.3 Å². The molecule has 23 heavy (non-hydrogen) atoms. The highest BCUT2D eigenvalue weighted by molar-refractivity contribution is 5.79. The normalized spacial score (nSPS) is 21.7. The standard InChI is InChI=1S/C18H24N2O3/c1-11-7-8-20(16(9-11)17-6-5-12(2)22-17)18(21)10-15-13(3)19-23-14(15)4/h5-6,11,16H,7-10H2,1-4H3/t11-,16-/m1/s1. The minimum absolute atomic E-state index is 0.0282. The number of hydrogen-bond donors (Lipinski definition) is 0. The number of carbonyl (C=O) groups is 1. The van der Waals surface area contributed by atoms with Crippen molar-refractivity contribution >= 4 is 5.91 Å². The van der Waals surface area contributed by atoms with Gasteiger partial charge < -0.3 is 13.8 Å². The summed E-state index contributed by atoms with van der Waals surface area (Å²) in [6.07, 6.45) is 2.32. The fourth-order valence-corrected chi connectivity index (χ4v) is 3.35. The molecule has 0 radical (unpaired) electrons. The number of piperidine rings is 1. The number of nitrogens with zero attached hydrogens (tertiary/aromatic N) is 2. The minimum atomic E-state index is 0.0282. The maximum atomic E-state index is 12.9. The summed E-state index contributed by atoms with van der Waals surface area (Å²) in [5, 5.41) is 3.94. The van der Waals surface area contributed by atoms with E-state index in [4.69, 9.17) is 8.94 Å². The van der Waals surface area contributed by atoms with Gasteiger partial charge in [-0.3, -0.25) is 4.79 Å². The van der Waals surface area contributed by atoms with Crippen LogP contribution in [0.3, 0.4) is 0 Å². The molecule has 3 rings (SSSR count). The van der Waals surface area contributed by atoms with Crippen LogP contribution in [0.1, 0.15) is 54.3 Å². The topological polar surface area (TPSA) is 59.5 Å². The SMILES string of the molecule is Cc1ccc([C@H]2C[C@H](C)CCN2C(=O)Cc2c(C)noc2C)o1. The van der Waals surface area contributed by atoms with E-state index in [0.717, 1.165) is 47.9 Å². The van der Waals surface area contributed by atoms with Crippen LogP contribution in [-0.2, 0) is 11.2 Å². The first-order valence-electron chi connectivity index (χ1n) is 8.23. The molecular formula is C18H24N2O3. The first-order valence-corrected chi connectivity index (χ1v) is 8.23. The summed E-state index contributed by atoms with van der Waals surface area (Å²) in [5.74, 6) is 3.21. The van der Waals surface area contributed by atoms with Crippen molar-refractivity contribution in [3.63, 3.8) is 0 Å². The van der Waals surface area contributed by atoms with Crippen LogP contribution in [0.2, 0.25) is 0 Å². The molecule has 0 unspecified atom stereocenters. The van der Waals surface area contributed by atoms with E-state index in [9.17, 15) is 4.79 Å². The number of rotatable bonds is 3. The summed E-state index contributed by atoms with van der Waals surface area (Å²) in [6, 6.07) is 3.99. The monoisotopic (exact) mass is 316 g/mol. The Hall–Kier alpha value is -2.04. The number of likely N-dealkylation sites (tertiary alicyclic amines) is 1. The van der Waals surface area contributed by atoms with Crippen LogP contribution in [0.25, 0.3) is 0 Å². The number of aromatic nitrogens is 1. The lowest BCUT2D eigenvalue weighted by molar-refractivity contribution is -0.135. The molecule has 1 fully saturated rings. The minimum Gasteiger partial charge on any atom is -0.464 e. The Morgan fingerprint density at radius 3 is 2.74 bits per heavy atom. The molecule has 2 aromatic heterocycles. The lowest BCUT2D eigenvalue weighted by Crippen LogP contribution is -2.41. The molecule has 2 aromatic rings. The summed E-state index contributed by atoms with van der Waals surface area (Å²) < 4.78 is 11.0. The number of amides is 1. The summed E-state index contributed by atoms with van der Waals surface area (Å²) in [6.45, 7) is 8.68. The van der Waals surface area contributed by atoms with Crippen LogP contribution in [0.4, 0.5) is 0 Å². The summed E-state index contributed by atoms with van der Waals surface area (Å²) in [4.78, 5) is 14.8. The van der Waals surface area contributed by atoms with Crippen LogP contribution >= 0.6 is 0 Å². The van der Waals surface area contributed by atoms with E-state index < -0.39 is 0 Å². The largest absolute Gasteiger partial charge is 0.464 e. The van der Waals surface area contributed by atoms with Crippen molar-refractivity contribution in [2.24, 2.45) is 5.92 Å². The van der Waals surface area contributed by atoms with Gasteiger partial charge >= 0.3 is 0 Å². The predicted molar refractivity (Wildman–Crippen MR) is 86.0 cm³/mol. The van der Waals surface area contributed by atoms with Crippen molar-refractivity contribution in [1.29, 1.82) is 0 Å². The molecule has 1 amide bonds. The third-order valence-corrected chi connectivity index (χ3v) is 4.78. The summed E-state index contributed by atoms with van der Waals surface area (Å²) in [7, 11) is 0. The molecular weight excluding hydrogens is 292 g/mol. The zero-order valence-corrected chi connectivity index (χ0v) is 14.3. The molecule has 1 aliphatic rings. The van der Waals surface area contributed by atoms with Crippen molar-refractivity contribution in [2.45, 2.75) is 53.0 Å². The fraction of sp³-hybridized carbons (Fsp3) is 0.556. The van der Waals surface area contributed by atoms with E-state index in [-0.39, 0.29) is 11.9 Å². The van der Waals surface area contributed by atoms with E-state index in [1.54, 1.807) is 0 Å². The van der Waals surface area contributed by atoms with Gasteiger partial charge in [-0.2, -0.15) is 0 Å². The fourth-order valence-electron chi connectivity index (χ4n) is 3.35. The van der Waals surface area contributed by atoms with Crippen LogP contribution < -0.4 is 0 Å². The van der Waals surface area contributed by atoms with Gasteiger partial charge in [0.05, 0.1) is 18.2 Å². The van der Waals surface area contributed by atoms with Gasteiger partial charge in [-0.1, -0.05) is 12.1 Å². The first-order chi connectivity index (χ1) is 11.0. The summed E-state index contributed by atoms with van der Waals surface area (Å²) in [5.41, 5.74) is 1.70. The van der Waals surface area contributed by atoms with Gasteiger partial charge in [0.2, 0.25) is 5.91 Å². The molecule has 2 atom stereocenters. The zero-order valence-electron chi connectivity index (χ0n) is 14.3. The number of carbonyl (C=O) groups excluding carboxylic acids is 1. The second-order valence-corrected chi connectivity index (χ2v) is 6.66. The second-order valence-electron chi connectivity index (χ2n) is 6.66. The molecule has 0 spiro atoms. The van der Waals surface area contributed by atoms with Gasteiger partial charge in [0.15, 0.2) is 0 Å². The lowest BCUT2D eigenvalue weighted by atomic mass is 9.90. The van der Waals surface area contributed by atoms with Crippen LogP contribution in [0.5, 0.6) is 0 Å². The third-order valence-electron chi connectivity index (χ3n) is 4.78. The quantitative estimate of drug-likeness (QED) is 0.865. The highest BCUT2D eigenvalue weighted by Crippen LogP contribution is 2.35. The molecule has 0 aliphatic carbocycles. The van der Waals surface area contributed by atoms with Crippen LogP contribution in [0, 0.1) is 26.7 Å². The molecule has 0 bridgehead atoms. The smallest absolute Gasteiger partial charge is 0.227 e. The maximum absolute atomic E-state index is 12.9. The molecule has 0 saturated carbocycles. The molecule has 1 saturated heterocycles. The average molecular weight is 316 g/mol. The van der Waals surface area contributed by atoms with E-state index in [2.05, 4.69) is 12.1 Å². The number of hydrogen-bond acceptors (Lipinski definition) is 4. The van der Waals surface area contributed by atoms with Crippen LogP contribution in [-0.4, -0.2) is 22.5 Å². The van der Waals surface area contributed by atoms with Gasteiger partial charge in [-0.05, 0) is 51.7 Å². The van der Waals surface area contributed by atoms with Crippen LogP contribution in [0.15, 0.2) is 21.1 Å². The molecule has 124 valence electrons. The van der Waals surface area contributed by atoms with Gasteiger partial charge in [0.1, 0.15) is 17.3 Å². The molecule has 1 aliphatic heterocycles. The van der Waals surface area contributed by atoms with Crippen molar-refractivity contribution in [2.75, 3.05) is 6.54 Å². The molecule has 3 heterocycles. The number of aryl methyl sites for hydroxylation is 3. The molecule has 0 aromatic carbocycles. The Morgan fingerprint density at radius 2 is 2.13 bits per heavy atom. The Bertz CT molecular complexity index is 681. The average Bonchev–Trinajstić information content (AvgIpc) is 3.07. The van der Waals surface area contributed by atoms with E-state index in [1.807, 2.05) is 37.8 Å². The highest BCUT2D eigenvalue weighted by Gasteiger charge is 2.33. The second kappa shape index (κ2) is 6.22. The maximum Gasteiger partial charge on any atom is 0.227 e. The predicted octanol–water partition coefficient (Wildman–Crippen LogP) is 3.74. The van der Waals surface area contributed by atoms with E-state index in [1.165, 1.54) is 0 Å².